The Bertz CT molecular complexity index is 558. The lowest BCUT2D eigenvalue weighted by molar-refractivity contribution is 0.341. The topological polar surface area (TPSA) is 59.3 Å². The monoisotopic (exact) mass is 331 g/mol. The number of hydrogen-bond donors (Lipinski definition) is 1. The maximum absolute atomic E-state index is 11.6. The van der Waals surface area contributed by atoms with E-state index in [0.717, 1.165) is 17.1 Å². The summed E-state index contributed by atoms with van der Waals surface area (Å²) in [6.45, 7) is 16.5. The molecular weight excluding hydrogens is 298 g/mol. The minimum Gasteiger partial charge on any atom is -0.465 e. The van der Waals surface area contributed by atoms with Crippen molar-refractivity contribution in [3.8, 4) is 0 Å². The minimum absolute atomic E-state index is 0.0791. The molecule has 0 atom stereocenters. The Morgan fingerprint density at radius 1 is 1.05 bits per heavy atom. The summed E-state index contributed by atoms with van der Waals surface area (Å²) in [5, 5.41) is 0. The van der Waals surface area contributed by atoms with Crippen LogP contribution in [0.5, 0.6) is 0 Å². The van der Waals surface area contributed by atoms with E-state index in [1.807, 2.05) is 19.9 Å². The van der Waals surface area contributed by atoms with Crippen molar-refractivity contribution in [1.29, 1.82) is 0 Å². The molecule has 22 heavy (non-hydrogen) atoms. The molecule has 0 radical (unpaired) electrons. The molecule has 0 saturated heterocycles. The van der Waals surface area contributed by atoms with Crippen LogP contribution >= 0.6 is 0 Å². The Hall–Kier alpha value is -0.810. The predicted molar refractivity (Wildman–Crippen MR) is 94.0 cm³/mol. The third-order valence-electron chi connectivity index (χ3n) is 3.18. The second-order valence-electron chi connectivity index (χ2n) is 7.24. The van der Waals surface area contributed by atoms with E-state index >= 15 is 0 Å². The number of rotatable bonds is 4. The van der Waals surface area contributed by atoms with Crippen LogP contribution in [-0.4, -0.2) is 21.2 Å². The Kier molecular flexibility index (Phi) is 7.36. The van der Waals surface area contributed by atoms with Gasteiger partial charge in [0, 0.05) is 10.8 Å². The zero-order chi connectivity index (χ0) is 17.8. The fraction of sp³-hybridized carbons (Fsp3) is 0.765. The lowest BCUT2D eigenvalue weighted by atomic mass is 9.89. The summed E-state index contributed by atoms with van der Waals surface area (Å²) in [5.41, 5.74) is 0.767. The number of aryl methyl sites for hydroxylation is 1. The van der Waals surface area contributed by atoms with Crippen molar-refractivity contribution < 1.29 is 12.8 Å². The molecule has 130 valence electrons. The van der Waals surface area contributed by atoms with E-state index < -0.39 is 10.0 Å². The Morgan fingerprint density at radius 3 is 1.91 bits per heavy atom. The highest BCUT2D eigenvalue weighted by Gasteiger charge is 2.28. The average Bonchev–Trinajstić information content (AvgIpc) is 2.83. The number of sulfonamides is 1. The molecule has 5 heteroatoms. The van der Waals surface area contributed by atoms with Crippen molar-refractivity contribution in [2.24, 2.45) is 0 Å². The molecule has 0 aromatic carbocycles. The fourth-order valence-corrected chi connectivity index (χ4v) is 2.66. The minimum atomic E-state index is -3.20. The van der Waals surface area contributed by atoms with Gasteiger partial charge in [-0.25, -0.2) is 13.1 Å². The zero-order valence-electron chi connectivity index (χ0n) is 15.6. The van der Waals surface area contributed by atoms with Crippen molar-refractivity contribution in [3.63, 3.8) is 0 Å². The van der Waals surface area contributed by atoms with Gasteiger partial charge in [0.1, 0.15) is 11.5 Å². The number of furan rings is 1. The summed E-state index contributed by atoms with van der Waals surface area (Å²) in [5.74, 6) is 1.86. The number of nitrogens with one attached hydrogen (secondary N) is 1. The Balaban J connectivity index is 0.00000211. The standard InChI is InChI=1S/C15H27NO3S.C2H6/c1-14(2,3)12-10-11(8-9-20(17,18)16-7)13(19-12)15(4,5)6;1-2/h10,16H,8-9H2,1-7H3;1-2H3. The van der Waals surface area contributed by atoms with Gasteiger partial charge in [-0.3, -0.25) is 0 Å². The third kappa shape index (κ3) is 6.13. The molecule has 1 aromatic rings. The Morgan fingerprint density at radius 2 is 1.55 bits per heavy atom. The van der Waals surface area contributed by atoms with Gasteiger partial charge in [0.05, 0.1) is 5.75 Å². The van der Waals surface area contributed by atoms with Crippen LogP contribution in [-0.2, 0) is 27.3 Å². The van der Waals surface area contributed by atoms with Gasteiger partial charge in [0.25, 0.3) is 0 Å². The van der Waals surface area contributed by atoms with Gasteiger partial charge in [0.2, 0.25) is 10.0 Å². The first kappa shape index (κ1) is 21.2. The molecule has 4 nitrogen and oxygen atoms in total. The first-order valence-electron chi connectivity index (χ1n) is 7.92. The lowest BCUT2D eigenvalue weighted by Gasteiger charge is -2.19. The van der Waals surface area contributed by atoms with E-state index in [2.05, 4.69) is 46.3 Å². The van der Waals surface area contributed by atoms with Gasteiger partial charge < -0.3 is 4.42 Å². The molecule has 0 spiro atoms. The van der Waals surface area contributed by atoms with E-state index in [4.69, 9.17) is 4.42 Å². The van der Waals surface area contributed by atoms with E-state index in [-0.39, 0.29) is 16.6 Å². The quantitative estimate of drug-likeness (QED) is 0.907. The molecule has 0 bridgehead atoms. The Labute approximate surface area is 136 Å². The van der Waals surface area contributed by atoms with Crippen molar-refractivity contribution >= 4 is 10.0 Å². The summed E-state index contributed by atoms with van der Waals surface area (Å²) < 4.78 is 31.6. The highest BCUT2D eigenvalue weighted by Crippen LogP contribution is 2.34. The second kappa shape index (κ2) is 7.64. The molecule has 1 aromatic heterocycles. The van der Waals surface area contributed by atoms with Gasteiger partial charge in [-0.15, -0.1) is 0 Å². The van der Waals surface area contributed by atoms with Crippen molar-refractivity contribution in [2.75, 3.05) is 12.8 Å². The summed E-state index contributed by atoms with van der Waals surface area (Å²) in [6.07, 6.45) is 0.468. The van der Waals surface area contributed by atoms with Gasteiger partial charge in [0.15, 0.2) is 0 Å². The zero-order valence-corrected chi connectivity index (χ0v) is 16.4. The maximum Gasteiger partial charge on any atom is 0.211 e. The molecular formula is C17H33NO3S. The molecule has 1 heterocycles. The van der Waals surface area contributed by atoms with Gasteiger partial charge in [-0.05, 0) is 25.1 Å². The van der Waals surface area contributed by atoms with Crippen LogP contribution in [0.4, 0.5) is 0 Å². The predicted octanol–water partition coefficient (Wildman–Crippen LogP) is 3.99. The highest BCUT2D eigenvalue weighted by molar-refractivity contribution is 7.89. The van der Waals surface area contributed by atoms with E-state index in [9.17, 15) is 8.42 Å². The van der Waals surface area contributed by atoms with Crippen LogP contribution in [0.1, 0.15) is 72.5 Å². The molecule has 0 aliphatic heterocycles. The van der Waals surface area contributed by atoms with E-state index in [0.29, 0.717) is 6.42 Å². The normalized spacial score (nSPS) is 12.8. The molecule has 0 amide bonds. The van der Waals surface area contributed by atoms with Crippen LogP contribution in [0.2, 0.25) is 0 Å². The summed E-state index contributed by atoms with van der Waals surface area (Å²) in [7, 11) is -1.76. The third-order valence-corrected chi connectivity index (χ3v) is 4.54. The van der Waals surface area contributed by atoms with Crippen LogP contribution in [0.15, 0.2) is 10.5 Å². The molecule has 0 aliphatic rings. The molecule has 0 unspecified atom stereocenters. The van der Waals surface area contributed by atoms with Crippen LogP contribution < -0.4 is 4.72 Å². The van der Waals surface area contributed by atoms with Gasteiger partial charge in [-0.2, -0.15) is 0 Å². The van der Waals surface area contributed by atoms with Crippen molar-refractivity contribution in [3.05, 3.63) is 23.2 Å². The highest BCUT2D eigenvalue weighted by atomic mass is 32.2. The smallest absolute Gasteiger partial charge is 0.211 e. The van der Waals surface area contributed by atoms with E-state index in [1.165, 1.54) is 7.05 Å². The first-order chi connectivity index (χ1) is 9.87. The fourth-order valence-electron chi connectivity index (χ4n) is 1.97. The van der Waals surface area contributed by atoms with Crippen LogP contribution in [0, 0.1) is 0 Å². The molecule has 1 N–H and O–H groups in total. The average molecular weight is 332 g/mol. The molecule has 1 rings (SSSR count). The van der Waals surface area contributed by atoms with E-state index in [1.54, 1.807) is 0 Å². The van der Waals surface area contributed by atoms with Crippen molar-refractivity contribution in [1.82, 2.24) is 4.72 Å². The largest absolute Gasteiger partial charge is 0.465 e. The maximum atomic E-state index is 11.6. The first-order valence-corrected chi connectivity index (χ1v) is 9.57. The van der Waals surface area contributed by atoms with Crippen molar-refractivity contribution in [2.45, 2.75) is 72.6 Å². The summed E-state index contributed by atoms with van der Waals surface area (Å²) >= 11 is 0. The number of hydrogen-bond acceptors (Lipinski definition) is 3. The van der Waals surface area contributed by atoms with Crippen LogP contribution in [0.25, 0.3) is 0 Å². The second-order valence-corrected chi connectivity index (χ2v) is 9.28. The SMILES string of the molecule is CC.CNS(=O)(=O)CCc1cc(C(C)(C)C)oc1C(C)(C)C. The summed E-state index contributed by atoms with van der Waals surface area (Å²) in [4.78, 5) is 0. The van der Waals surface area contributed by atoms with Crippen LogP contribution in [0.3, 0.4) is 0 Å². The van der Waals surface area contributed by atoms with Gasteiger partial charge in [-0.1, -0.05) is 55.4 Å². The summed E-state index contributed by atoms with van der Waals surface area (Å²) in [6, 6.07) is 2.01. The molecule has 0 aliphatic carbocycles. The molecule has 0 fully saturated rings. The molecule has 0 saturated carbocycles. The van der Waals surface area contributed by atoms with Gasteiger partial charge >= 0.3 is 0 Å². The lowest BCUT2D eigenvalue weighted by Crippen LogP contribution is -2.23.